The molecule has 1 amide bonds. The number of nitrogens with zero attached hydrogens (tertiary/aromatic N) is 1. The highest BCUT2D eigenvalue weighted by atomic mass is 35.5. The molecule has 1 aliphatic rings. The summed E-state index contributed by atoms with van der Waals surface area (Å²) in [5.74, 6) is 0.979. The van der Waals surface area contributed by atoms with Crippen LogP contribution in [-0.4, -0.2) is 17.7 Å². The van der Waals surface area contributed by atoms with E-state index >= 15 is 0 Å². The monoisotopic (exact) mass is 292 g/mol. The Morgan fingerprint density at radius 2 is 2.35 bits per heavy atom. The van der Waals surface area contributed by atoms with E-state index in [0.717, 1.165) is 5.56 Å². The van der Waals surface area contributed by atoms with Crippen LogP contribution in [0, 0.1) is 6.92 Å². The van der Waals surface area contributed by atoms with Crippen LogP contribution in [-0.2, 0) is 0 Å². The van der Waals surface area contributed by atoms with E-state index in [1.165, 1.54) is 0 Å². The van der Waals surface area contributed by atoms with E-state index in [1.54, 1.807) is 19.1 Å². The van der Waals surface area contributed by atoms with Crippen molar-refractivity contribution in [2.45, 2.75) is 19.4 Å². The van der Waals surface area contributed by atoms with Crippen molar-refractivity contribution in [2.75, 3.05) is 6.61 Å². The molecule has 3 rings (SSSR count). The molecule has 20 heavy (non-hydrogen) atoms. The van der Waals surface area contributed by atoms with Gasteiger partial charge in [0.2, 0.25) is 0 Å². The first kappa shape index (κ1) is 13.0. The molecule has 2 aromatic rings. The van der Waals surface area contributed by atoms with Gasteiger partial charge in [-0.25, -0.2) is 0 Å². The van der Waals surface area contributed by atoms with Crippen LogP contribution >= 0.6 is 11.6 Å². The molecule has 1 aromatic carbocycles. The van der Waals surface area contributed by atoms with Crippen LogP contribution in [0.2, 0.25) is 5.02 Å². The van der Waals surface area contributed by atoms with E-state index in [1.807, 2.05) is 12.1 Å². The summed E-state index contributed by atoms with van der Waals surface area (Å²) in [5.41, 5.74) is 1.16. The van der Waals surface area contributed by atoms with Gasteiger partial charge in [0.15, 0.2) is 5.69 Å². The average molecular weight is 293 g/mol. The maximum absolute atomic E-state index is 12.1. The van der Waals surface area contributed by atoms with Crippen molar-refractivity contribution in [1.29, 1.82) is 0 Å². The molecule has 104 valence electrons. The van der Waals surface area contributed by atoms with Crippen molar-refractivity contribution in [3.63, 3.8) is 0 Å². The summed E-state index contributed by atoms with van der Waals surface area (Å²) in [4.78, 5) is 12.1. The Bertz CT molecular complexity index is 654. The Morgan fingerprint density at radius 1 is 1.50 bits per heavy atom. The summed E-state index contributed by atoms with van der Waals surface area (Å²) in [6, 6.07) is 6.98. The zero-order valence-electron chi connectivity index (χ0n) is 10.9. The Balaban J connectivity index is 1.83. The SMILES string of the molecule is Cc1cc(C(=O)NC2CCOc3c(Cl)cccc32)no1. The summed E-state index contributed by atoms with van der Waals surface area (Å²) < 4.78 is 10.5. The van der Waals surface area contributed by atoms with E-state index in [2.05, 4.69) is 10.5 Å². The van der Waals surface area contributed by atoms with Gasteiger partial charge in [-0.05, 0) is 13.0 Å². The van der Waals surface area contributed by atoms with E-state index in [4.69, 9.17) is 20.9 Å². The zero-order chi connectivity index (χ0) is 14.1. The number of amides is 1. The third-order valence-corrected chi connectivity index (χ3v) is 3.49. The van der Waals surface area contributed by atoms with Gasteiger partial charge in [-0.15, -0.1) is 0 Å². The van der Waals surface area contributed by atoms with Gasteiger partial charge in [0.25, 0.3) is 5.91 Å². The number of hydrogen-bond donors (Lipinski definition) is 1. The predicted octanol–water partition coefficient (Wildman–Crippen LogP) is 2.89. The van der Waals surface area contributed by atoms with Crippen LogP contribution in [0.1, 0.15) is 34.3 Å². The molecule has 1 aromatic heterocycles. The van der Waals surface area contributed by atoms with Crippen LogP contribution in [0.4, 0.5) is 0 Å². The fraction of sp³-hybridized carbons (Fsp3) is 0.286. The molecule has 1 unspecified atom stereocenters. The fourth-order valence-electron chi connectivity index (χ4n) is 2.24. The van der Waals surface area contributed by atoms with Crippen LogP contribution in [0.3, 0.4) is 0 Å². The van der Waals surface area contributed by atoms with Crippen molar-refractivity contribution in [3.05, 3.63) is 46.3 Å². The van der Waals surface area contributed by atoms with Crippen molar-refractivity contribution in [1.82, 2.24) is 10.5 Å². The van der Waals surface area contributed by atoms with E-state index in [-0.39, 0.29) is 17.6 Å². The molecule has 0 radical (unpaired) electrons. The second-order valence-electron chi connectivity index (χ2n) is 4.64. The van der Waals surface area contributed by atoms with Gasteiger partial charge in [0.05, 0.1) is 17.7 Å². The number of carbonyl (C=O) groups is 1. The number of carbonyl (C=O) groups excluding carboxylic acids is 1. The van der Waals surface area contributed by atoms with Gasteiger partial charge in [-0.3, -0.25) is 4.79 Å². The third-order valence-electron chi connectivity index (χ3n) is 3.19. The summed E-state index contributed by atoms with van der Waals surface area (Å²) in [7, 11) is 0. The lowest BCUT2D eigenvalue weighted by Gasteiger charge is -2.27. The number of nitrogens with one attached hydrogen (secondary N) is 1. The Labute approximate surface area is 120 Å². The second kappa shape index (κ2) is 5.17. The molecule has 5 nitrogen and oxygen atoms in total. The highest BCUT2D eigenvalue weighted by Gasteiger charge is 2.25. The number of aryl methyl sites for hydroxylation is 1. The normalized spacial score (nSPS) is 17.2. The first-order valence-corrected chi connectivity index (χ1v) is 6.68. The molecule has 0 bridgehead atoms. The number of aromatic nitrogens is 1. The lowest BCUT2D eigenvalue weighted by molar-refractivity contribution is 0.0915. The largest absolute Gasteiger partial charge is 0.492 e. The number of halogens is 1. The topological polar surface area (TPSA) is 64.4 Å². The van der Waals surface area contributed by atoms with Crippen molar-refractivity contribution >= 4 is 17.5 Å². The van der Waals surface area contributed by atoms with Gasteiger partial charge < -0.3 is 14.6 Å². The minimum atomic E-state index is -0.264. The molecule has 1 atom stereocenters. The highest BCUT2D eigenvalue weighted by Crippen LogP contribution is 2.37. The first-order chi connectivity index (χ1) is 9.65. The minimum Gasteiger partial charge on any atom is -0.492 e. The van der Waals surface area contributed by atoms with Crippen LogP contribution in [0.25, 0.3) is 0 Å². The molecule has 6 heteroatoms. The number of benzene rings is 1. The van der Waals surface area contributed by atoms with E-state index in [9.17, 15) is 4.79 Å². The molecular formula is C14H13ClN2O3. The Kier molecular flexibility index (Phi) is 3.36. The molecule has 0 fully saturated rings. The van der Waals surface area contributed by atoms with Crippen molar-refractivity contribution in [2.24, 2.45) is 0 Å². The molecule has 0 saturated carbocycles. The minimum absolute atomic E-state index is 0.137. The molecular weight excluding hydrogens is 280 g/mol. The summed E-state index contributed by atoms with van der Waals surface area (Å²) in [6.45, 7) is 2.26. The first-order valence-electron chi connectivity index (χ1n) is 6.30. The molecule has 0 spiro atoms. The maximum atomic E-state index is 12.1. The predicted molar refractivity (Wildman–Crippen MR) is 73.0 cm³/mol. The van der Waals surface area contributed by atoms with Gasteiger partial charge in [-0.2, -0.15) is 0 Å². The lowest BCUT2D eigenvalue weighted by Crippen LogP contribution is -2.32. The van der Waals surface area contributed by atoms with Gasteiger partial charge >= 0.3 is 0 Å². The number of rotatable bonds is 2. The maximum Gasteiger partial charge on any atom is 0.273 e. The van der Waals surface area contributed by atoms with Crippen LogP contribution in [0.15, 0.2) is 28.8 Å². The number of para-hydroxylation sites is 1. The number of fused-ring (bicyclic) bond motifs is 1. The standard InChI is InChI=1S/C14H13ClN2O3/c1-8-7-12(17-20-8)14(18)16-11-5-6-19-13-9(11)3-2-4-10(13)15/h2-4,7,11H,5-6H2,1H3,(H,16,18). The summed E-state index contributed by atoms with van der Waals surface area (Å²) in [6.07, 6.45) is 0.690. The average Bonchev–Trinajstić information content (AvgIpc) is 2.87. The third kappa shape index (κ3) is 2.36. The second-order valence-corrected chi connectivity index (χ2v) is 5.05. The molecule has 1 aliphatic heterocycles. The Hall–Kier alpha value is -2.01. The lowest BCUT2D eigenvalue weighted by atomic mass is 10.0. The number of hydrogen-bond acceptors (Lipinski definition) is 4. The Morgan fingerprint density at radius 3 is 3.10 bits per heavy atom. The van der Waals surface area contributed by atoms with E-state index in [0.29, 0.717) is 29.6 Å². The quantitative estimate of drug-likeness (QED) is 0.924. The summed E-state index contributed by atoms with van der Waals surface area (Å²) >= 11 is 6.10. The van der Waals surface area contributed by atoms with Crippen LogP contribution < -0.4 is 10.1 Å². The van der Waals surface area contributed by atoms with Crippen molar-refractivity contribution < 1.29 is 14.1 Å². The zero-order valence-corrected chi connectivity index (χ0v) is 11.6. The van der Waals surface area contributed by atoms with Crippen molar-refractivity contribution in [3.8, 4) is 5.75 Å². The van der Waals surface area contributed by atoms with E-state index < -0.39 is 0 Å². The van der Waals surface area contributed by atoms with Gasteiger partial charge in [0.1, 0.15) is 11.5 Å². The molecule has 2 heterocycles. The smallest absolute Gasteiger partial charge is 0.273 e. The van der Waals surface area contributed by atoms with Gasteiger partial charge in [-0.1, -0.05) is 28.9 Å². The number of ether oxygens (including phenoxy) is 1. The molecule has 0 aliphatic carbocycles. The summed E-state index contributed by atoms with van der Waals surface area (Å²) in [5, 5.41) is 7.20. The van der Waals surface area contributed by atoms with Crippen LogP contribution in [0.5, 0.6) is 5.75 Å². The van der Waals surface area contributed by atoms with Gasteiger partial charge in [0, 0.05) is 18.1 Å². The highest BCUT2D eigenvalue weighted by molar-refractivity contribution is 6.32. The molecule has 1 N–H and O–H groups in total. The fourth-order valence-corrected chi connectivity index (χ4v) is 2.48. The molecule has 0 saturated heterocycles.